The van der Waals surface area contributed by atoms with Gasteiger partial charge in [-0.15, -0.1) is 0 Å². The van der Waals surface area contributed by atoms with Gasteiger partial charge in [0.15, 0.2) is 0 Å². The van der Waals surface area contributed by atoms with Gasteiger partial charge in [0.2, 0.25) is 0 Å². The zero-order valence-corrected chi connectivity index (χ0v) is 11.4. The molecule has 0 radical (unpaired) electrons. The summed E-state index contributed by atoms with van der Waals surface area (Å²) in [6.07, 6.45) is 2.05. The van der Waals surface area contributed by atoms with E-state index in [1.54, 1.807) is 0 Å². The first-order valence-corrected chi connectivity index (χ1v) is 6.06. The molecule has 4 heteroatoms. The van der Waals surface area contributed by atoms with Crippen LogP contribution >= 0.6 is 0 Å². The van der Waals surface area contributed by atoms with Crippen molar-refractivity contribution in [3.8, 4) is 0 Å². The Morgan fingerprint density at radius 3 is 2.39 bits per heavy atom. The van der Waals surface area contributed by atoms with Gasteiger partial charge in [-0.25, -0.2) is 0 Å². The van der Waals surface area contributed by atoms with Crippen LogP contribution in [0.3, 0.4) is 0 Å². The quantitative estimate of drug-likeness (QED) is 0.896. The maximum absolute atomic E-state index is 4.33. The first-order valence-electron chi connectivity index (χ1n) is 6.06. The van der Waals surface area contributed by atoms with Crippen LogP contribution in [0.1, 0.15) is 11.3 Å². The second-order valence-electron chi connectivity index (χ2n) is 4.71. The van der Waals surface area contributed by atoms with Crippen molar-refractivity contribution in [3.05, 3.63) is 41.7 Å². The summed E-state index contributed by atoms with van der Waals surface area (Å²) in [6, 6.07) is 8.42. The van der Waals surface area contributed by atoms with Gasteiger partial charge in [0, 0.05) is 50.8 Å². The van der Waals surface area contributed by atoms with Crippen molar-refractivity contribution in [2.75, 3.05) is 24.3 Å². The molecule has 0 atom stereocenters. The van der Waals surface area contributed by atoms with E-state index in [0.29, 0.717) is 0 Å². The molecule has 96 valence electrons. The van der Waals surface area contributed by atoms with E-state index < -0.39 is 0 Å². The fraction of sp³-hybridized carbons (Fsp3) is 0.357. The number of rotatable bonds is 4. The van der Waals surface area contributed by atoms with E-state index in [4.69, 9.17) is 0 Å². The third kappa shape index (κ3) is 2.83. The minimum absolute atomic E-state index is 0.807. The normalized spacial score (nSPS) is 10.4. The zero-order chi connectivity index (χ0) is 13.1. The van der Waals surface area contributed by atoms with Crippen LogP contribution in [0.5, 0.6) is 0 Å². The fourth-order valence-electron chi connectivity index (χ4n) is 1.90. The highest BCUT2D eigenvalue weighted by Crippen LogP contribution is 2.16. The molecule has 0 fully saturated rings. The Morgan fingerprint density at radius 1 is 1.22 bits per heavy atom. The molecule has 1 aromatic heterocycles. The lowest BCUT2D eigenvalue weighted by molar-refractivity contribution is 0.756. The molecule has 4 nitrogen and oxygen atoms in total. The number of hydrogen-bond acceptors (Lipinski definition) is 3. The summed E-state index contributed by atoms with van der Waals surface area (Å²) in [5, 5.41) is 7.74. The van der Waals surface area contributed by atoms with Crippen molar-refractivity contribution in [1.29, 1.82) is 0 Å². The summed E-state index contributed by atoms with van der Waals surface area (Å²) in [7, 11) is 6.03. The van der Waals surface area contributed by atoms with Gasteiger partial charge in [-0.2, -0.15) is 5.10 Å². The molecule has 0 aliphatic heterocycles. The average molecular weight is 244 g/mol. The summed E-state index contributed by atoms with van der Waals surface area (Å²) in [6.45, 7) is 2.84. The number of hydrogen-bond donors (Lipinski definition) is 1. The molecule has 18 heavy (non-hydrogen) atoms. The molecule has 2 aromatic rings. The number of aromatic nitrogens is 2. The first-order chi connectivity index (χ1) is 8.56. The average Bonchev–Trinajstić information content (AvgIpc) is 2.66. The van der Waals surface area contributed by atoms with Crippen molar-refractivity contribution in [2.45, 2.75) is 13.5 Å². The highest BCUT2D eigenvalue weighted by Gasteiger charge is 2.02. The van der Waals surface area contributed by atoms with Gasteiger partial charge in [-0.1, -0.05) is 0 Å². The Bertz CT molecular complexity index is 511. The summed E-state index contributed by atoms with van der Waals surface area (Å²) < 4.78 is 1.85. The second-order valence-corrected chi connectivity index (χ2v) is 4.71. The lowest BCUT2D eigenvalue weighted by atomic mass is 10.2. The molecule has 0 bridgehead atoms. The third-order valence-corrected chi connectivity index (χ3v) is 2.98. The van der Waals surface area contributed by atoms with Crippen LogP contribution in [0.4, 0.5) is 11.4 Å². The Kier molecular flexibility index (Phi) is 3.55. The molecule has 0 unspecified atom stereocenters. The molecule has 1 N–H and O–H groups in total. The van der Waals surface area contributed by atoms with Gasteiger partial charge < -0.3 is 10.2 Å². The van der Waals surface area contributed by atoms with E-state index in [2.05, 4.69) is 45.8 Å². The third-order valence-electron chi connectivity index (χ3n) is 2.98. The highest BCUT2D eigenvalue weighted by molar-refractivity contribution is 5.54. The Balaban J connectivity index is 2.00. The summed E-state index contributed by atoms with van der Waals surface area (Å²) in [4.78, 5) is 2.09. The maximum atomic E-state index is 4.33. The predicted molar refractivity (Wildman–Crippen MR) is 76.0 cm³/mol. The van der Waals surface area contributed by atoms with Crippen molar-refractivity contribution in [3.63, 3.8) is 0 Å². The lowest BCUT2D eigenvalue weighted by Gasteiger charge is -2.13. The van der Waals surface area contributed by atoms with Gasteiger partial charge in [0.05, 0.1) is 5.69 Å². The van der Waals surface area contributed by atoms with Crippen LogP contribution in [-0.4, -0.2) is 23.9 Å². The summed E-state index contributed by atoms with van der Waals surface area (Å²) in [5.74, 6) is 0. The Labute approximate surface area is 108 Å². The van der Waals surface area contributed by atoms with E-state index in [0.717, 1.165) is 17.9 Å². The fourth-order valence-corrected chi connectivity index (χ4v) is 1.90. The first kappa shape index (κ1) is 12.5. The van der Waals surface area contributed by atoms with E-state index in [9.17, 15) is 0 Å². The Hall–Kier alpha value is -1.97. The van der Waals surface area contributed by atoms with Gasteiger partial charge in [-0.3, -0.25) is 4.68 Å². The number of nitrogens with zero attached hydrogens (tertiary/aromatic N) is 3. The molecule has 1 aromatic carbocycles. The standard InChI is InChI=1S/C14H20N4/c1-11-12(10-18(4)16-11)9-15-13-5-7-14(8-6-13)17(2)3/h5-8,10,15H,9H2,1-4H3. The van der Waals surface area contributed by atoms with Crippen molar-refractivity contribution in [2.24, 2.45) is 7.05 Å². The zero-order valence-electron chi connectivity index (χ0n) is 11.4. The molecule has 0 saturated carbocycles. The molecular weight excluding hydrogens is 224 g/mol. The van der Waals surface area contributed by atoms with E-state index in [1.807, 2.05) is 32.7 Å². The van der Waals surface area contributed by atoms with Gasteiger partial charge in [0.25, 0.3) is 0 Å². The number of nitrogens with one attached hydrogen (secondary N) is 1. The van der Waals surface area contributed by atoms with Crippen LogP contribution in [0.15, 0.2) is 30.5 Å². The molecule has 0 aliphatic carbocycles. The molecule has 2 rings (SSSR count). The van der Waals surface area contributed by atoms with Crippen molar-refractivity contribution >= 4 is 11.4 Å². The van der Waals surface area contributed by atoms with Gasteiger partial charge >= 0.3 is 0 Å². The van der Waals surface area contributed by atoms with Crippen LogP contribution in [0.25, 0.3) is 0 Å². The summed E-state index contributed by atoms with van der Waals surface area (Å²) in [5.41, 5.74) is 4.64. The van der Waals surface area contributed by atoms with Crippen molar-refractivity contribution in [1.82, 2.24) is 9.78 Å². The molecule has 0 amide bonds. The van der Waals surface area contributed by atoms with Crippen molar-refractivity contribution < 1.29 is 0 Å². The van der Waals surface area contributed by atoms with E-state index in [-0.39, 0.29) is 0 Å². The van der Waals surface area contributed by atoms with Crippen LogP contribution in [0.2, 0.25) is 0 Å². The molecular formula is C14H20N4. The molecule has 1 heterocycles. The smallest absolute Gasteiger partial charge is 0.0643 e. The topological polar surface area (TPSA) is 33.1 Å². The van der Waals surface area contributed by atoms with Crippen LogP contribution in [-0.2, 0) is 13.6 Å². The Morgan fingerprint density at radius 2 is 1.89 bits per heavy atom. The van der Waals surface area contributed by atoms with Gasteiger partial charge in [0.1, 0.15) is 0 Å². The number of anilines is 2. The summed E-state index contributed by atoms with van der Waals surface area (Å²) >= 11 is 0. The molecule has 0 spiro atoms. The largest absolute Gasteiger partial charge is 0.381 e. The molecule has 0 aliphatic rings. The van der Waals surface area contributed by atoms with Crippen LogP contribution in [0, 0.1) is 6.92 Å². The minimum Gasteiger partial charge on any atom is -0.381 e. The number of aryl methyl sites for hydroxylation is 2. The lowest BCUT2D eigenvalue weighted by Crippen LogP contribution is -2.08. The van der Waals surface area contributed by atoms with Gasteiger partial charge in [-0.05, 0) is 31.2 Å². The predicted octanol–water partition coefficient (Wildman–Crippen LogP) is 2.41. The highest BCUT2D eigenvalue weighted by atomic mass is 15.2. The monoisotopic (exact) mass is 244 g/mol. The second kappa shape index (κ2) is 5.12. The molecule has 0 saturated heterocycles. The maximum Gasteiger partial charge on any atom is 0.0643 e. The number of benzene rings is 1. The van der Waals surface area contributed by atoms with Crippen LogP contribution < -0.4 is 10.2 Å². The minimum atomic E-state index is 0.807. The van der Waals surface area contributed by atoms with E-state index >= 15 is 0 Å². The van der Waals surface area contributed by atoms with E-state index in [1.165, 1.54) is 11.3 Å². The SMILES string of the molecule is Cc1nn(C)cc1CNc1ccc(N(C)C)cc1.